The van der Waals surface area contributed by atoms with Gasteiger partial charge in [0, 0.05) is 12.1 Å². The Kier molecular flexibility index (Phi) is 3.80. The SMILES string of the molecule is CN(C)CC(O)C(=O)c1ccccc1. The molecule has 0 amide bonds. The monoisotopic (exact) mass is 193 g/mol. The minimum Gasteiger partial charge on any atom is -0.384 e. The standard InChI is InChI=1S/C11H15NO2/c1-12(2)8-10(13)11(14)9-6-4-3-5-7-9/h3-7,10,13H,8H2,1-2H3. The van der Waals surface area contributed by atoms with Gasteiger partial charge in [-0.1, -0.05) is 30.3 Å². The van der Waals surface area contributed by atoms with E-state index in [9.17, 15) is 9.90 Å². The van der Waals surface area contributed by atoms with Crippen LogP contribution in [0.4, 0.5) is 0 Å². The number of ketones is 1. The van der Waals surface area contributed by atoms with Crippen molar-refractivity contribution in [1.29, 1.82) is 0 Å². The minimum atomic E-state index is -0.938. The Balaban J connectivity index is 2.66. The molecule has 0 aliphatic heterocycles. The quantitative estimate of drug-likeness (QED) is 0.719. The summed E-state index contributed by atoms with van der Waals surface area (Å²) in [6, 6.07) is 8.84. The summed E-state index contributed by atoms with van der Waals surface area (Å²) in [6.45, 7) is 0.355. The first-order valence-corrected chi connectivity index (χ1v) is 4.53. The molecular formula is C11H15NO2. The molecule has 1 aromatic carbocycles. The predicted octanol–water partition coefficient (Wildman–Crippen LogP) is 0.792. The number of carbonyl (C=O) groups excluding carboxylic acids is 1. The van der Waals surface area contributed by atoms with Crippen LogP contribution < -0.4 is 0 Å². The molecule has 1 unspecified atom stereocenters. The molecule has 0 aliphatic carbocycles. The molecule has 0 aliphatic rings. The number of carbonyl (C=O) groups is 1. The molecule has 76 valence electrons. The van der Waals surface area contributed by atoms with Gasteiger partial charge in [0.25, 0.3) is 0 Å². The Morgan fingerprint density at radius 1 is 1.36 bits per heavy atom. The van der Waals surface area contributed by atoms with Gasteiger partial charge in [-0.05, 0) is 14.1 Å². The first-order chi connectivity index (χ1) is 6.61. The van der Waals surface area contributed by atoms with E-state index < -0.39 is 6.10 Å². The fraction of sp³-hybridized carbons (Fsp3) is 0.364. The maximum Gasteiger partial charge on any atom is 0.192 e. The molecule has 14 heavy (non-hydrogen) atoms. The summed E-state index contributed by atoms with van der Waals surface area (Å²) in [5.74, 6) is -0.223. The van der Waals surface area contributed by atoms with Crippen molar-refractivity contribution in [2.24, 2.45) is 0 Å². The van der Waals surface area contributed by atoms with Crippen molar-refractivity contribution >= 4 is 5.78 Å². The molecule has 3 heteroatoms. The van der Waals surface area contributed by atoms with Gasteiger partial charge in [-0.15, -0.1) is 0 Å². The van der Waals surface area contributed by atoms with Crippen LogP contribution in [-0.4, -0.2) is 42.5 Å². The summed E-state index contributed by atoms with van der Waals surface area (Å²) >= 11 is 0. The third-order valence-electron chi connectivity index (χ3n) is 1.90. The van der Waals surface area contributed by atoms with Crippen molar-refractivity contribution in [2.75, 3.05) is 20.6 Å². The Morgan fingerprint density at radius 2 is 1.93 bits per heavy atom. The fourth-order valence-corrected chi connectivity index (χ4v) is 1.22. The average Bonchev–Trinajstić information content (AvgIpc) is 2.17. The fourth-order valence-electron chi connectivity index (χ4n) is 1.22. The van der Waals surface area contributed by atoms with E-state index in [1.54, 1.807) is 29.2 Å². The molecule has 0 spiro atoms. The van der Waals surface area contributed by atoms with Crippen molar-refractivity contribution in [3.8, 4) is 0 Å². The number of nitrogens with zero attached hydrogens (tertiary/aromatic N) is 1. The van der Waals surface area contributed by atoms with E-state index in [0.29, 0.717) is 12.1 Å². The number of hydrogen-bond acceptors (Lipinski definition) is 3. The largest absolute Gasteiger partial charge is 0.384 e. The Morgan fingerprint density at radius 3 is 2.43 bits per heavy atom. The molecule has 1 rings (SSSR count). The van der Waals surface area contributed by atoms with Crippen molar-refractivity contribution < 1.29 is 9.90 Å². The summed E-state index contributed by atoms with van der Waals surface area (Å²) in [5.41, 5.74) is 0.557. The van der Waals surface area contributed by atoms with Crippen LogP contribution in [0.3, 0.4) is 0 Å². The summed E-state index contributed by atoms with van der Waals surface area (Å²) in [7, 11) is 3.64. The zero-order valence-electron chi connectivity index (χ0n) is 8.47. The molecular weight excluding hydrogens is 178 g/mol. The van der Waals surface area contributed by atoms with E-state index in [0.717, 1.165) is 0 Å². The van der Waals surface area contributed by atoms with Crippen LogP contribution in [-0.2, 0) is 0 Å². The average molecular weight is 193 g/mol. The maximum absolute atomic E-state index is 11.6. The first-order valence-electron chi connectivity index (χ1n) is 4.53. The lowest BCUT2D eigenvalue weighted by atomic mass is 10.1. The molecule has 0 radical (unpaired) electrons. The highest BCUT2D eigenvalue weighted by Gasteiger charge is 2.16. The van der Waals surface area contributed by atoms with E-state index >= 15 is 0 Å². The summed E-state index contributed by atoms with van der Waals surface area (Å²) in [5, 5.41) is 9.55. The lowest BCUT2D eigenvalue weighted by Crippen LogP contribution is -2.32. The molecule has 3 nitrogen and oxygen atoms in total. The molecule has 0 saturated carbocycles. The molecule has 0 saturated heterocycles. The Hall–Kier alpha value is -1.19. The number of rotatable bonds is 4. The van der Waals surface area contributed by atoms with Crippen LogP contribution in [0.15, 0.2) is 30.3 Å². The molecule has 0 bridgehead atoms. The summed E-state index contributed by atoms with van der Waals surface area (Å²) < 4.78 is 0. The normalized spacial score (nSPS) is 12.9. The summed E-state index contributed by atoms with van der Waals surface area (Å²) in [4.78, 5) is 13.4. The number of benzene rings is 1. The van der Waals surface area contributed by atoms with Gasteiger partial charge in [0.05, 0.1) is 0 Å². The number of aliphatic hydroxyl groups excluding tert-OH is 1. The van der Waals surface area contributed by atoms with Gasteiger partial charge in [-0.25, -0.2) is 0 Å². The molecule has 0 heterocycles. The van der Waals surface area contributed by atoms with Gasteiger partial charge in [-0.2, -0.15) is 0 Å². The van der Waals surface area contributed by atoms with Crippen LogP contribution >= 0.6 is 0 Å². The predicted molar refractivity (Wildman–Crippen MR) is 55.3 cm³/mol. The lowest BCUT2D eigenvalue weighted by Gasteiger charge is -2.14. The van der Waals surface area contributed by atoms with Crippen LogP contribution in [0.2, 0.25) is 0 Å². The third kappa shape index (κ3) is 2.94. The van der Waals surface area contributed by atoms with E-state index in [2.05, 4.69) is 0 Å². The van der Waals surface area contributed by atoms with Crippen LogP contribution in [0, 0.1) is 0 Å². The van der Waals surface area contributed by atoms with Gasteiger partial charge in [-0.3, -0.25) is 4.79 Å². The Bertz CT molecular complexity index is 295. The third-order valence-corrected chi connectivity index (χ3v) is 1.90. The van der Waals surface area contributed by atoms with Gasteiger partial charge in [0.2, 0.25) is 0 Å². The van der Waals surface area contributed by atoms with Gasteiger partial charge in [0.15, 0.2) is 5.78 Å². The summed E-state index contributed by atoms with van der Waals surface area (Å²) in [6.07, 6.45) is -0.938. The topological polar surface area (TPSA) is 40.5 Å². The number of hydrogen-bond donors (Lipinski definition) is 1. The van der Waals surface area contributed by atoms with Crippen molar-refractivity contribution in [3.63, 3.8) is 0 Å². The highest BCUT2D eigenvalue weighted by molar-refractivity contribution is 5.99. The van der Waals surface area contributed by atoms with Crippen molar-refractivity contribution in [2.45, 2.75) is 6.10 Å². The van der Waals surface area contributed by atoms with E-state index in [1.165, 1.54) is 0 Å². The highest BCUT2D eigenvalue weighted by atomic mass is 16.3. The second kappa shape index (κ2) is 4.88. The van der Waals surface area contributed by atoms with Gasteiger partial charge in [0.1, 0.15) is 6.10 Å². The second-order valence-corrected chi connectivity index (χ2v) is 3.51. The minimum absolute atomic E-state index is 0.223. The van der Waals surface area contributed by atoms with Crippen molar-refractivity contribution in [3.05, 3.63) is 35.9 Å². The van der Waals surface area contributed by atoms with Gasteiger partial charge < -0.3 is 10.0 Å². The zero-order valence-corrected chi connectivity index (χ0v) is 8.47. The molecule has 0 fully saturated rings. The molecule has 1 aromatic rings. The van der Waals surface area contributed by atoms with E-state index in [-0.39, 0.29) is 5.78 Å². The smallest absolute Gasteiger partial charge is 0.192 e. The number of likely N-dealkylation sites (N-methyl/N-ethyl adjacent to an activating group) is 1. The van der Waals surface area contributed by atoms with Crippen LogP contribution in [0.1, 0.15) is 10.4 Å². The van der Waals surface area contributed by atoms with E-state index in [1.807, 2.05) is 20.2 Å². The number of aliphatic hydroxyl groups is 1. The molecule has 1 atom stereocenters. The lowest BCUT2D eigenvalue weighted by molar-refractivity contribution is 0.0689. The first kappa shape index (κ1) is 10.9. The second-order valence-electron chi connectivity index (χ2n) is 3.51. The van der Waals surface area contributed by atoms with Crippen LogP contribution in [0.25, 0.3) is 0 Å². The van der Waals surface area contributed by atoms with E-state index in [4.69, 9.17) is 0 Å². The molecule has 1 N–H and O–H groups in total. The Labute approximate surface area is 84.0 Å². The maximum atomic E-state index is 11.6. The van der Waals surface area contributed by atoms with Gasteiger partial charge >= 0.3 is 0 Å². The molecule has 0 aromatic heterocycles. The van der Waals surface area contributed by atoms with Crippen molar-refractivity contribution in [1.82, 2.24) is 4.90 Å². The van der Waals surface area contributed by atoms with Crippen LogP contribution in [0.5, 0.6) is 0 Å². The number of Topliss-reactive ketones (excluding diaryl/α,β-unsaturated/α-hetero) is 1. The highest BCUT2D eigenvalue weighted by Crippen LogP contribution is 2.03. The zero-order chi connectivity index (χ0) is 10.6.